The molecule has 3 aromatic rings. The third-order valence-electron chi connectivity index (χ3n) is 3.24. The van der Waals surface area contributed by atoms with Gasteiger partial charge in [0.25, 0.3) is 5.91 Å². The minimum absolute atomic E-state index is 0.168. The van der Waals surface area contributed by atoms with Gasteiger partial charge in [-0.25, -0.2) is 0 Å². The summed E-state index contributed by atoms with van der Waals surface area (Å²) in [7, 11) is 0. The highest BCUT2D eigenvalue weighted by atomic mass is 16.1. The highest BCUT2D eigenvalue weighted by Gasteiger charge is 2.11. The molecule has 0 aliphatic rings. The van der Waals surface area contributed by atoms with Gasteiger partial charge in [0.15, 0.2) is 11.5 Å². The topological polar surface area (TPSA) is 90.7 Å². The summed E-state index contributed by atoms with van der Waals surface area (Å²) >= 11 is 0. The average Bonchev–Trinajstić information content (AvgIpc) is 2.63. The first kappa shape index (κ1) is 15.2. The molecule has 6 heteroatoms. The summed E-state index contributed by atoms with van der Waals surface area (Å²) in [6, 6.07) is 21.6. The maximum atomic E-state index is 12.2. The van der Waals surface area contributed by atoms with E-state index in [9.17, 15) is 4.79 Å². The number of aromatic nitrogens is 2. The summed E-state index contributed by atoms with van der Waals surface area (Å²) in [5.74, 6) is 0.117. The number of carbonyl (C=O) groups is 1. The number of rotatable bonds is 4. The molecule has 0 aliphatic carbocycles. The number of nitriles is 1. The number of carbonyl (C=O) groups excluding carboxylic acids is 1. The summed E-state index contributed by atoms with van der Waals surface area (Å²) in [5.41, 5.74) is 1.88. The molecular formula is C18H13N5O. The number of nitrogens with zero attached hydrogens (tertiary/aromatic N) is 3. The van der Waals surface area contributed by atoms with Crippen molar-refractivity contribution in [2.45, 2.75) is 0 Å². The first-order chi connectivity index (χ1) is 11.8. The molecule has 2 aromatic carbocycles. The van der Waals surface area contributed by atoms with Gasteiger partial charge in [0.05, 0.1) is 11.3 Å². The van der Waals surface area contributed by atoms with Gasteiger partial charge in [-0.05, 0) is 36.4 Å². The Hall–Kier alpha value is -3.72. The number of anilines is 3. The smallest absolute Gasteiger partial charge is 0.276 e. The molecule has 0 fully saturated rings. The zero-order valence-electron chi connectivity index (χ0n) is 12.6. The van der Waals surface area contributed by atoms with Gasteiger partial charge in [-0.15, -0.1) is 10.2 Å². The first-order valence-electron chi connectivity index (χ1n) is 7.22. The highest BCUT2D eigenvalue weighted by Crippen LogP contribution is 2.16. The lowest BCUT2D eigenvalue weighted by Crippen LogP contribution is -2.15. The van der Waals surface area contributed by atoms with E-state index in [-0.39, 0.29) is 5.69 Å². The highest BCUT2D eigenvalue weighted by molar-refractivity contribution is 6.03. The van der Waals surface area contributed by atoms with Gasteiger partial charge >= 0.3 is 0 Å². The van der Waals surface area contributed by atoms with E-state index in [2.05, 4.69) is 20.8 Å². The van der Waals surface area contributed by atoms with Gasteiger partial charge in [-0.3, -0.25) is 4.79 Å². The van der Waals surface area contributed by atoms with Crippen molar-refractivity contribution in [2.75, 3.05) is 10.6 Å². The fourth-order valence-electron chi connectivity index (χ4n) is 2.07. The summed E-state index contributed by atoms with van der Waals surface area (Å²) in [6.45, 7) is 0. The van der Waals surface area contributed by atoms with Crippen molar-refractivity contribution in [3.63, 3.8) is 0 Å². The summed E-state index contributed by atoms with van der Waals surface area (Å²) in [6.07, 6.45) is 0. The lowest BCUT2D eigenvalue weighted by Gasteiger charge is -2.07. The number of hydrogen-bond donors (Lipinski definition) is 2. The van der Waals surface area contributed by atoms with E-state index in [0.717, 1.165) is 5.69 Å². The number of amides is 1. The zero-order valence-corrected chi connectivity index (χ0v) is 12.6. The standard InChI is InChI=1S/C18H13N5O/c19-12-13-6-4-5-9-15(13)21-18(24)16-10-11-17(23-22-16)20-14-7-2-1-3-8-14/h1-11H,(H,20,23)(H,21,24). The van der Waals surface area contributed by atoms with Crippen molar-refractivity contribution < 1.29 is 4.79 Å². The minimum atomic E-state index is -0.420. The maximum Gasteiger partial charge on any atom is 0.276 e. The van der Waals surface area contributed by atoms with Crippen molar-refractivity contribution in [3.05, 3.63) is 78.0 Å². The average molecular weight is 315 g/mol. The van der Waals surface area contributed by atoms with E-state index >= 15 is 0 Å². The van der Waals surface area contributed by atoms with Crippen molar-refractivity contribution in [2.24, 2.45) is 0 Å². The Bertz CT molecular complexity index is 885. The van der Waals surface area contributed by atoms with Crippen molar-refractivity contribution >= 4 is 23.1 Å². The van der Waals surface area contributed by atoms with Gasteiger partial charge in [-0.2, -0.15) is 5.26 Å². The zero-order chi connectivity index (χ0) is 16.8. The van der Waals surface area contributed by atoms with Crippen LogP contribution >= 0.6 is 0 Å². The lowest BCUT2D eigenvalue weighted by molar-refractivity contribution is 0.102. The van der Waals surface area contributed by atoms with Crippen LogP contribution in [0.2, 0.25) is 0 Å². The van der Waals surface area contributed by atoms with Crippen LogP contribution in [0.1, 0.15) is 16.1 Å². The molecule has 0 spiro atoms. The van der Waals surface area contributed by atoms with Gasteiger partial charge < -0.3 is 10.6 Å². The third-order valence-corrected chi connectivity index (χ3v) is 3.24. The summed E-state index contributed by atoms with van der Waals surface area (Å²) in [5, 5.41) is 22.7. The van der Waals surface area contributed by atoms with E-state index in [4.69, 9.17) is 5.26 Å². The van der Waals surface area contributed by atoms with Crippen LogP contribution in [0, 0.1) is 11.3 Å². The predicted octanol–water partition coefficient (Wildman–Crippen LogP) is 3.34. The Kier molecular flexibility index (Phi) is 4.45. The molecule has 1 amide bonds. The molecule has 0 saturated carbocycles. The Morgan fingerprint density at radius 3 is 2.38 bits per heavy atom. The largest absolute Gasteiger partial charge is 0.339 e. The van der Waals surface area contributed by atoms with E-state index in [0.29, 0.717) is 17.1 Å². The van der Waals surface area contributed by atoms with Crippen LogP contribution in [0.15, 0.2) is 66.7 Å². The molecule has 0 unspecified atom stereocenters. The minimum Gasteiger partial charge on any atom is -0.339 e. The molecule has 0 radical (unpaired) electrons. The van der Waals surface area contributed by atoms with Crippen LogP contribution in [-0.2, 0) is 0 Å². The molecule has 3 rings (SSSR count). The Morgan fingerprint density at radius 1 is 0.917 bits per heavy atom. The summed E-state index contributed by atoms with van der Waals surface area (Å²) in [4.78, 5) is 12.2. The van der Waals surface area contributed by atoms with Crippen LogP contribution in [0.4, 0.5) is 17.2 Å². The van der Waals surface area contributed by atoms with Gasteiger partial charge in [0.2, 0.25) is 0 Å². The molecule has 0 saturated heterocycles. The third kappa shape index (κ3) is 3.54. The molecule has 0 aliphatic heterocycles. The number of hydrogen-bond acceptors (Lipinski definition) is 5. The lowest BCUT2D eigenvalue weighted by atomic mass is 10.2. The molecule has 6 nitrogen and oxygen atoms in total. The fraction of sp³-hybridized carbons (Fsp3) is 0. The molecule has 116 valence electrons. The molecule has 0 atom stereocenters. The second-order valence-corrected chi connectivity index (χ2v) is 4.91. The van der Waals surface area contributed by atoms with E-state index in [1.54, 1.807) is 36.4 Å². The first-order valence-corrected chi connectivity index (χ1v) is 7.22. The SMILES string of the molecule is N#Cc1ccccc1NC(=O)c1ccc(Nc2ccccc2)nn1. The molecule has 1 aromatic heterocycles. The number of benzene rings is 2. The van der Waals surface area contributed by atoms with Crippen LogP contribution < -0.4 is 10.6 Å². The van der Waals surface area contributed by atoms with Crippen LogP contribution in [-0.4, -0.2) is 16.1 Å². The van der Waals surface area contributed by atoms with E-state index in [1.807, 2.05) is 36.4 Å². The molecule has 1 heterocycles. The van der Waals surface area contributed by atoms with Crippen molar-refractivity contribution in [3.8, 4) is 6.07 Å². The predicted molar refractivity (Wildman–Crippen MR) is 90.9 cm³/mol. The Balaban J connectivity index is 1.71. The van der Waals surface area contributed by atoms with Crippen molar-refractivity contribution in [1.82, 2.24) is 10.2 Å². The Labute approximate surface area is 138 Å². The van der Waals surface area contributed by atoms with Gasteiger partial charge in [0, 0.05) is 5.69 Å². The summed E-state index contributed by atoms with van der Waals surface area (Å²) < 4.78 is 0. The monoisotopic (exact) mass is 315 g/mol. The maximum absolute atomic E-state index is 12.2. The van der Waals surface area contributed by atoms with E-state index < -0.39 is 5.91 Å². The van der Waals surface area contributed by atoms with Crippen LogP contribution in [0.5, 0.6) is 0 Å². The van der Waals surface area contributed by atoms with E-state index in [1.165, 1.54) is 0 Å². The molecule has 0 bridgehead atoms. The molecule has 2 N–H and O–H groups in total. The fourth-order valence-corrected chi connectivity index (χ4v) is 2.07. The molecular weight excluding hydrogens is 302 g/mol. The van der Waals surface area contributed by atoms with Crippen LogP contribution in [0.3, 0.4) is 0 Å². The second kappa shape index (κ2) is 7.03. The second-order valence-electron chi connectivity index (χ2n) is 4.91. The quantitative estimate of drug-likeness (QED) is 0.770. The van der Waals surface area contributed by atoms with Gasteiger partial charge in [0.1, 0.15) is 6.07 Å². The Morgan fingerprint density at radius 2 is 1.67 bits per heavy atom. The molecule has 24 heavy (non-hydrogen) atoms. The number of nitrogens with one attached hydrogen (secondary N) is 2. The number of para-hydroxylation sites is 2. The van der Waals surface area contributed by atoms with Gasteiger partial charge in [-0.1, -0.05) is 30.3 Å². The van der Waals surface area contributed by atoms with Crippen LogP contribution in [0.25, 0.3) is 0 Å². The normalized spacial score (nSPS) is 9.79. The van der Waals surface area contributed by atoms with Crippen molar-refractivity contribution in [1.29, 1.82) is 5.26 Å².